The molecule has 0 fully saturated rings. The zero-order chi connectivity index (χ0) is 24.6. The Morgan fingerprint density at radius 3 is 1.49 bits per heavy atom. The fraction of sp³-hybridized carbons (Fsp3) is 0. The highest BCUT2D eigenvalue weighted by atomic mass is 15.2. The van der Waals surface area contributed by atoms with Crippen molar-refractivity contribution in [2.45, 2.75) is 0 Å². The van der Waals surface area contributed by atoms with Crippen LogP contribution in [0.1, 0.15) is 0 Å². The molecule has 7 aromatic rings. The molecule has 0 saturated carbocycles. The van der Waals surface area contributed by atoms with Gasteiger partial charge in [-0.2, -0.15) is 5.10 Å². The van der Waals surface area contributed by atoms with Crippen molar-refractivity contribution in [1.29, 1.82) is 0 Å². The van der Waals surface area contributed by atoms with Crippen molar-refractivity contribution < 1.29 is 0 Å². The minimum Gasteiger partial charge on any atom is -0.239 e. The highest BCUT2D eigenvalue weighted by Crippen LogP contribution is 2.40. The molecule has 174 valence electrons. The lowest BCUT2D eigenvalue weighted by molar-refractivity contribution is 0.974. The van der Waals surface area contributed by atoms with Crippen molar-refractivity contribution in [3.63, 3.8) is 0 Å². The largest absolute Gasteiger partial charge is 0.239 e. The average Bonchev–Trinajstić information content (AvgIpc) is 3.35. The molecule has 0 N–H and O–H groups in total. The summed E-state index contributed by atoms with van der Waals surface area (Å²) in [4.78, 5) is 0. The summed E-state index contributed by atoms with van der Waals surface area (Å²) in [7, 11) is 0. The van der Waals surface area contributed by atoms with E-state index < -0.39 is 0 Å². The maximum atomic E-state index is 5.13. The summed E-state index contributed by atoms with van der Waals surface area (Å²) in [5.74, 6) is 0. The molecule has 5 aromatic carbocycles. The predicted molar refractivity (Wildman–Crippen MR) is 154 cm³/mol. The normalized spacial score (nSPS) is 11.2. The molecule has 0 aliphatic heterocycles. The Morgan fingerprint density at radius 2 is 0.892 bits per heavy atom. The van der Waals surface area contributed by atoms with Crippen LogP contribution in [0.5, 0.6) is 0 Å². The molecule has 2 nitrogen and oxygen atoms in total. The van der Waals surface area contributed by atoms with Crippen LogP contribution in [0.25, 0.3) is 60.9 Å². The number of nitrogens with zero attached hydrogens (tertiary/aromatic N) is 2. The number of hydrogen-bond donors (Lipinski definition) is 0. The Hall–Kier alpha value is -4.95. The van der Waals surface area contributed by atoms with Gasteiger partial charge in [0.1, 0.15) is 5.69 Å². The van der Waals surface area contributed by atoms with E-state index >= 15 is 0 Å². The molecule has 0 bridgehead atoms. The third kappa shape index (κ3) is 3.89. The van der Waals surface area contributed by atoms with Crippen LogP contribution in [0.3, 0.4) is 0 Å². The second kappa shape index (κ2) is 8.92. The molecule has 7 rings (SSSR count). The Labute approximate surface area is 216 Å². The van der Waals surface area contributed by atoms with Crippen molar-refractivity contribution in [3.8, 4) is 44.6 Å². The summed E-state index contributed by atoms with van der Waals surface area (Å²) in [6.45, 7) is 0. The summed E-state index contributed by atoms with van der Waals surface area (Å²) in [6.07, 6.45) is 2.14. The topological polar surface area (TPSA) is 17.3 Å². The molecular formula is C35H24N2. The highest BCUT2D eigenvalue weighted by molar-refractivity contribution is 5.98. The average molecular weight is 473 g/mol. The molecule has 0 radical (unpaired) electrons. The molecular weight excluding hydrogens is 448 g/mol. The molecule has 0 amide bonds. The monoisotopic (exact) mass is 472 g/mol. The highest BCUT2D eigenvalue weighted by Gasteiger charge is 2.19. The zero-order valence-corrected chi connectivity index (χ0v) is 20.3. The quantitative estimate of drug-likeness (QED) is 0.250. The van der Waals surface area contributed by atoms with Crippen molar-refractivity contribution in [2.24, 2.45) is 0 Å². The Bertz CT molecular complexity index is 1790. The fourth-order valence-electron chi connectivity index (χ4n) is 5.17. The first-order valence-corrected chi connectivity index (χ1v) is 12.6. The second-order valence-electron chi connectivity index (χ2n) is 9.35. The van der Waals surface area contributed by atoms with Crippen LogP contribution in [0, 0.1) is 0 Å². The van der Waals surface area contributed by atoms with Crippen LogP contribution in [-0.2, 0) is 0 Å². The Morgan fingerprint density at radius 1 is 0.405 bits per heavy atom. The first kappa shape index (κ1) is 21.3. The third-order valence-electron chi connectivity index (χ3n) is 6.98. The number of pyridine rings is 1. The van der Waals surface area contributed by atoms with Gasteiger partial charge in [0.05, 0.1) is 5.52 Å². The molecule has 0 unspecified atom stereocenters. The van der Waals surface area contributed by atoms with Gasteiger partial charge in [-0.25, -0.2) is 4.52 Å². The first-order chi connectivity index (χ1) is 18.3. The summed E-state index contributed by atoms with van der Waals surface area (Å²) >= 11 is 0. The number of aromatic nitrogens is 2. The predicted octanol–water partition coefficient (Wildman–Crippen LogP) is 9.16. The van der Waals surface area contributed by atoms with E-state index in [1.54, 1.807) is 0 Å². The van der Waals surface area contributed by atoms with Gasteiger partial charge in [0.15, 0.2) is 0 Å². The maximum Gasteiger partial charge on any atom is 0.101 e. The SMILES string of the molecule is c1ccc(-c2cc(-c3ccccc3)cc(-c3c(-c4ccccc4)nn4cc5ccccc5cc34)c2)cc1. The van der Waals surface area contributed by atoms with E-state index in [2.05, 4.69) is 146 Å². The van der Waals surface area contributed by atoms with Gasteiger partial charge in [-0.3, -0.25) is 0 Å². The van der Waals surface area contributed by atoms with Gasteiger partial charge in [-0.15, -0.1) is 0 Å². The van der Waals surface area contributed by atoms with Crippen molar-refractivity contribution in [1.82, 2.24) is 9.61 Å². The van der Waals surface area contributed by atoms with E-state index in [1.165, 1.54) is 33.0 Å². The molecule has 0 aliphatic rings. The molecule has 2 aromatic heterocycles. The zero-order valence-electron chi connectivity index (χ0n) is 20.3. The second-order valence-corrected chi connectivity index (χ2v) is 9.35. The molecule has 0 spiro atoms. The van der Waals surface area contributed by atoms with E-state index in [-0.39, 0.29) is 0 Å². The van der Waals surface area contributed by atoms with Crippen molar-refractivity contribution in [2.75, 3.05) is 0 Å². The summed E-state index contributed by atoms with van der Waals surface area (Å²) in [6, 6.07) is 49.4. The summed E-state index contributed by atoms with van der Waals surface area (Å²) in [5, 5.41) is 7.51. The lowest BCUT2D eigenvalue weighted by Crippen LogP contribution is -1.88. The number of hydrogen-bond acceptors (Lipinski definition) is 1. The molecule has 0 saturated heterocycles. The Balaban J connectivity index is 1.56. The van der Waals surface area contributed by atoms with E-state index in [4.69, 9.17) is 5.10 Å². The maximum absolute atomic E-state index is 5.13. The van der Waals surface area contributed by atoms with Gasteiger partial charge in [-0.1, -0.05) is 115 Å². The van der Waals surface area contributed by atoms with Crippen LogP contribution < -0.4 is 0 Å². The van der Waals surface area contributed by atoms with Crippen molar-refractivity contribution >= 4 is 16.3 Å². The van der Waals surface area contributed by atoms with Crippen LogP contribution in [0.4, 0.5) is 0 Å². The molecule has 2 heterocycles. The van der Waals surface area contributed by atoms with E-state index in [1.807, 2.05) is 4.52 Å². The van der Waals surface area contributed by atoms with Crippen molar-refractivity contribution in [3.05, 3.63) is 146 Å². The van der Waals surface area contributed by atoms with Gasteiger partial charge in [0.2, 0.25) is 0 Å². The standard InChI is InChI=1S/C35H24N2/c1-4-12-25(13-5-1)30-20-31(26-14-6-2-7-15-26)22-32(21-30)34-33-23-28-18-10-11-19-29(28)24-37(33)36-35(34)27-16-8-3-9-17-27/h1-24H. The number of rotatable bonds is 4. The molecule has 2 heteroatoms. The smallest absolute Gasteiger partial charge is 0.101 e. The van der Waals surface area contributed by atoms with Gasteiger partial charge < -0.3 is 0 Å². The minimum absolute atomic E-state index is 0.986. The van der Waals surface area contributed by atoms with Gasteiger partial charge >= 0.3 is 0 Å². The lowest BCUT2D eigenvalue weighted by atomic mass is 9.91. The van der Waals surface area contributed by atoms with Gasteiger partial charge in [0.25, 0.3) is 0 Å². The summed E-state index contributed by atoms with van der Waals surface area (Å²) < 4.78 is 2.04. The number of fused-ring (bicyclic) bond motifs is 2. The third-order valence-corrected chi connectivity index (χ3v) is 6.98. The van der Waals surface area contributed by atoms with Crippen LogP contribution in [0.2, 0.25) is 0 Å². The minimum atomic E-state index is 0.986. The van der Waals surface area contributed by atoms with E-state index in [0.29, 0.717) is 0 Å². The van der Waals surface area contributed by atoms with E-state index in [9.17, 15) is 0 Å². The first-order valence-electron chi connectivity index (χ1n) is 12.6. The van der Waals surface area contributed by atoms with Crippen LogP contribution in [-0.4, -0.2) is 9.61 Å². The molecule has 0 aliphatic carbocycles. The molecule has 37 heavy (non-hydrogen) atoms. The van der Waals surface area contributed by atoms with Crippen LogP contribution >= 0.6 is 0 Å². The lowest BCUT2D eigenvalue weighted by Gasteiger charge is -2.12. The summed E-state index contributed by atoms with van der Waals surface area (Å²) in [5.41, 5.74) is 10.3. The Kier molecular flexibility index (Phi) is 5.15. The molecule has 0 atom stereocenters. The van der Waals surface area contributed by atoms with Gasteiger partial charge in [0, 0.05) is 22.7 Å². The van der Waals surface area contributed by atoms with Gasteiger partial charge in [-0.05, 0) is 57.5 Å². The number of benzene rings is 5. The van der Waals surface area contributed by atoms with E-state index in [0.717, 1.165) is 27.9 Å². The fourth-order valence-corrected chi connectivity index (χ4v) is 5.17. The van der Waals surface area contributed by atoms with Crippen LogP contribution in [0.15, 0.2) is 146 Å².